The van der Waals surface area contributed by atoms with Crippen LogP contribution in [0.1, 0.15) is 93.4 Å². The molecular weight excluding hydrogens is 596 g/mol. The van der Waals surface area contributed by atoms with Crippen molar-refractivity contribution in [3.05, 3.63) is 58.7 Å². The van der Waals surface area contributed by atoms with Crippen LogP contribution in [0.2, 0.25) is 0 Å². The van der Waals surface area contributed by atoms with Crippen molar-refractivity contribution in [2.24, 2.45) is 28.9 Å². The van der Waals surface area contributed by atoms with Gasteiger partial charge in [0, 0.05) is 11.6 Å². The summed E-state index contributed by atoms with van der Waals surface area (Å²) in [6, 6.07) is 11.6. The zero-order chi connectivity index (χ0) is 33.3. The molecule has 0 spiro atoms. The molecule has 6 unspecified atom stereocenters. The summed E-state index contributed by atoms with van der Waals surface area (Å²) in [5, 5.41) is 18.5. The van der Waals surface area contributed by atoms with Crippen LogP contribution in [0.3, 0.4) is 0 Å². The van der Waals surface area contributed by atoms with Gasteiger partial charge in [-0.05, 0) is 121 Å². The molecule has 6 N–H and O–H groups in total. The molecule has 0 aliphatic heterocycles. The van der Waals surface area contributed by atoms with Gasteiger partial charge in [0.25, 0.3) is 0 Å². The topological polar surface area (TPSA) is 160 Å². The number of hydrogen-bond donors (Lipinski definition) is 5. The van der Waals surface area contributed by atoms with E-state index in [2.05, 4.69) is 28.9 Å². The van der Waals surface area contributed by atoms with Gasteiger partial charge in [-0.1, -0.05) is 38.8 Å². The molecule has 2 aromatic carbocycles. The average molecular weight is 645 g/mol. The van der Waals surface area contributed by atoms with Crippen molar-refractivity contribution in [1.29, 1.82) is 0 Å². The van der Waals surface area contributed by atoms with Gasteiger partial charge in [-0.25, -0.2) is 0 Å². The van der Waals surface area contributed by atoms with Gasteiger partial charge in [-0.2, -0.15) is 0 Å². The number of fused-ring (bicyclic) bond motifs is 6. The maximum absolute atomic E-state index is 14.1. The van der Waals surface area contributed by atoms with Crippen molar-refractivity contribution in [2.45, 2.75) is 89.4 Å². The van der Waals surface area contributed by atoms with Crippen molar-refractivity contribution in [3.63, 3.8) is 0 Å². The number of carbonyl (C=O) groups excluding carboxylic acids is 4. The summed E-state index contributed by atoms with van der Waals surface area (Å²) in [6.07, 6.45) is 8.67. The largest absolute Gasteiger partial charge is 0.508 e. The second-order valence-corrected chi connectivity index (χ2v) is 14.5. The second kappa shape index (κ2) is 13.4. The van der Waals surface area contributed by atoms with Gasteiger partial charge in [0.15, 0.2) is 0 Å². The van der Waals surface area contributed by atoms with E-state index in [1.165, 1.54) is 11.1 Å². The Morgan fingerprint density at radius 2 is 1.66 bits per heavy atom. The van der Waals surface area contributed by atoms with Crippen LogP contribution in [-0.4, -0.2) is 48.6 Å². The monoisotopic (exact) mass is 644 g/mol. The standard InChI is InChI=1S/C37H48N4O6/c1-36-15-4-6-27(30(36)14-10-23-7-11-24(17-31(23)36)40-33(44)20-47-21-39-32(43)19-38)34(45)41-35(46)37(2)16-3-5-26-28-18-25(42)12-8-22(28)9-13-29(26)37/h7-8,11-12,17-18,26-27,29-30,42H,3-6,9-10,13-16,19-21,38H2,1-2H3,(H,39,43)(H,40,44)(H,41,45,46). The van der Waals surface area contributed by atoms with Crippen LogP contribution in [0.15, 0.2) is 36.4 Å². The van der Waals surface area contributed by atoms with Gasteiger partial charge in [0.05, 0.1) is 12.0 Å². The molecule has 4 aliphatic carbocycles. The van der Waals surface area contributed by atoms with Crippen LogP contribution in [0.25, 0.3) is 0 Å². The number of imide groups is 1. The predicted molar refractivity (Wildman–Crippen MR) is 177 cm³/mol. The molecule has 6 rings (SSSR count). The minimum Gasteiger partial charge on any atom is -0.508 e. The van der Waals surface area contributed by atoms with Gasteiger partial charge >= 0.3 is 0 Å². The molecule has 4 amide bonds. The number of benzene rings is 2. The smallest absolute Gasteiger partial charge is 0.250 e. The minimum atomic E-state index is -0.647. The fourth-order valence-electron chi connectivity index (χ4n) is 9.45. The lowest BCUT2D eigenvalue weighted by atomic mass is 9.54. The number of aromatic hydroxyl groups is 1. The fraction of sp³-hybridized carbons (Fsp3) is 0.568. The normalized spacial score (nSPS) is 29.3. The second-order valence-electron chi connectivity index (χ2n) is 14.5. The molecule has 0 bridgehead atoms. The Labute approximate surface area is 276 Å². The number of anilines is 1. The molecule has 4 aliphatic rings. The van der Waals surface area contributed by atoms with Gasteiger partial charge < -0.3 is 26.2 Å². The van der Waals surface area contributed by atoms with Gasteiger partial charge in [-0.15, -0.1) is 0 Å². The highest BCUT2D eigenvalue weighted by atomic mass is 16.5. The highest BCUT2D eigenvalue weighted by molar-refractivity contribution is 5.99. The van der Waals surface area contributed by atoms with E-state index in [4.69, 9.17) is 10.5 Å². The van der Waals surface area contributed by atoms with Crippen molar-refractivity contribution >= 4 is 29.3 Å². The van der Waals surface area contributed by atoms with E-state index in [9.17, 15) is 24.3 Å². The molecule has 0 radical (unpaired) electrons. The summed E-state index contributed by atoms with van der Waals surface area (Å²) in [5.74, 6) is -0.603. The molecule has 2 saturated carbocycles. The lowest BCUT2D eigenvalue weighted by Crippen LogP contribution is -2.54. The number of amides is 4. The van der Waals surface area contributed by atoms with Gasteiger partial charge in [-0.3, -0.25) is 24.5 Å². The maximum Gasteiger partial charge on any atom is 0.250 e. The number of nitrogens with two attached hydrogens (primary N) is 1. The minimum absolute atomic E-state index is 0.0773. The number of phenolic OH excluding ortho intramolecular Hbond substituents is 1. The Morgan fingerprint density at radius 1 is 0.915 bits per heavy atom. The van der Waals surface area contributed by atoms with Crippen molar-refractivity contribution in [2.75, 3.05) is 25.2 Å². The fourth-order valence-corrected chi connectivity index (χ4v) is 9.45. The molecule has 0 aromatic heterocycles. The molecule has 2 fully saturated rings. The molecule has 2 aromatic rings. The molecule has 0 saturated heterocycles. The van der Waals surface area contributed by atoms with E-state index in [1.54, 1.807) is 6.07 Å². The van der Waals surface area contributed by atoms with Crippen LogP contribution in [-0.2, 0) is 42.2 Å². The third-order valence-corrected chi connectivity index (χ3v) is 11.9. The van der Waals surface area contributed by atoms with E-state index in [1.807, 2.05) is 31.2 Å². The van der Waals surface area contributed by atoms with Crippen LogP contribution in [0.5, 0.6) is 5.75 Å². The lowest BCUT2D eigenvalue weighted by Gasteiger charge is -2.50. The number of ether oxygens (including phenoxy) is 1. The first-order valence-electron chi connectivity index (χ1n) is 17.2. The number of aryl methyl sites for hydroxylation is 2. The maximum atomic E-state index is 14.1. The summed E-state index contributed by atoms with van der Waals surface area (Å²) in [7, 11) is 0. The molecular formula is C37H48N4O6. The first-order valence-corrected chi connectivity index (χ1v) is 17.2. The first kappa shape index (κ1) is 33.2. The van der Waals surface area contributed by atoms with Crippen LogP contribution in [0, 0.1) is 23.2 Å². The number of carbonyl (C=O) groups is 4. The third kappa shape index (κ3) is 6.42. The average Bonchev–Trinajstić information content (AvgIpc) is 3.06. The molecule has 10 nitrogen and oxygen atoms in total. The molecule has 47 heavy (non-hydrogen) atoms. The zero-order valence-corrected chi connectivity index (χ0v) is 27.5. The predicted octanol–water partition coefficient (Wildman–Crippen LogP) is 4.18. The summed E-state index contributed by atoms with van der Waals surface area (Å²) in [4.78, 5) is 51.9. The van der Waals surface area contributed by atoms with E-state index in [0.717, 1.165) is 75.3 Å². The summed E-state index contributed by atoms with van der Waals surface area (Å²) >= 11 is 0. The number of phenols is 1. The Balaban J connectivity index is 1.13. The van der Waals surface area contributed by atoms with Crippen LogP contribution in [0.4, 0.5) is 5.69 Å². The van der Waals surface area contributed by atoms with Gasteiger partial charge in [0.1, 0.15) is 19.1 Å². The number of rotatable bonds is 8. The quantitative estimate of drug-likeness (QED) is 0.164. The third-order valence-electron chi connectivity index (χ3n) is 11.9. The highest BCUT2D eigenvalue weighted by Crippen LogP contribution is 2.55. The van der Waals surface area contributed by atoms with E-state index in [-0.39, 0.29) is 78.3 Å². The van der Waals surface area contributed by atoms with Crippen molar-refractivity contribution in [3.8, 4) is 5.75 Å². The summed E-state index contributed by atoms with van der Waals surface area (Å²) in [5.41, 5.74) is 9.80. The zero-order valence-electron chi connectivity index (χ0n) is 27.5. The Morgan fingerprint density at radius 3 is 2.47 bits per heavy atom. The number of nitrogens with one attached hydrogen (secondary N) is 3. The van der Waals surface area contributed by atoms with Crippen LogP contribution >= 0.6 is 0 Å². The Kier molecular flexibility index (Phi) is 9.45. The van der Waals surface area contributed by atoms with E-state index in [0.29, 0.717) is 5.69 Å². The van der Waals surface area contributed by atoms with Crippen molar-refractivity contribution in [1.82, 2.24) is 10.6 Å². The molecule has 10 heteroatoms. The lowest BCUT2D eigenvalue weighted by molar-refractivity contribution is -0.144. The van der Waals surface area contributed by atoms with Crippen molar-refractivity contribution < 1.29 is 29.0 Å². The SMILES string of the molecule is CC1(C(=O)NC(=O)C2CCCC3(C)c4cc(NC(=O)COCNC(=O)CN)ccc4CCC23)CCCC2c3cc(O)ccc3CCC21. The molecule has 252 valence electrons. The number of hydrogen-bond acceptors (Lipinski definition) is 7. The molecule has 0 heterocycles. The Bertz CT molecular complexity index is 1560. The van der Waals surface area contributed by atoms with E-state index < -0.39 is 5.41 Å². The van der Waals surface area contributed by atoms with Crippen LogP contribution < -0.4 is 21.7 Å². The Hall–Kier alpha value is -3.76. The summed E-state index contributed by atoms with van der Waals surface area (Å²) < 4.78 is 5.25. The highest BCUT2D eigenvalue weighted by Gasteiger charge is 2.52. The van der Waals surface area contributed by atoms with E-state index >= 15 is 0 Å². The summed E-state index contributed by atoms with van der Waals surface area (Å²) in [6.45, 7) is 3.81. The first-order chi connectivity index (χ1) is 22.5. The van der Waals surface area contributed by atoms with Gasteiger partial charge in [0.2, 0.25) is 23.6 Å². The molecule has 6 atom stereocenters.